The van der Waals surface area contributed by atoms with Crippen LogP contribution in [0.2, 0.25) is 0 Å². The summed E-state index contributed by atoms with van der Waals surface area (Å²) in [5.41, 5.74) is 0.959. The molecule has 0 atom stereocenters. The van der Waals surface area contributed by atoms with E-state index in [4.69, 9.17) is 0 Å². The molecule has 1 aromatic carbocycles. The molecule has 0 aliphatic carbocycles. The summed E-state index contributed by atoms with van der Waals surface area (Å²) in [4.78, 5) is 38.7. The van der Waals surface area contributed by atoms with Gasteiger partial charge >= 0.3 is 5.82 Å². The Morgan fingerprint density at radius 2 is 1.95 bits per heavy atom. The van der Waals surface area contributed by atoms with E-state index in [2.05, 4.69) is 4.98 Å². The van der Waals surface area contributed by atoms with Crippen LogP contribution in [0.15, 0.2) is 36.8 Å². The second-order valence-electron chi connectivity index (χ2n) is 4.53. The summed E-state index contributed by atoms with van der Waals surface area (Å²) in [7, 11) is 0. The third-order valence-corrected chi connectivity index (χ3v) is 3.27. The number of hydrogen-bond acceptors (Lipinski definition) is 5. The fraction of sp³-hybridized carbons (Fsp3) is 0.154. The number of amides is 1. The number of nitro groups is 1. The number of imidazole rings is 1. The van der Waals surface area contributed by atoms with Gasteiger partial charge in [-0.2, -0.15) is 0 Å². The Balaban J connectivity index is 1.77. The van der Waals surface area contributed by atoms with Crippen LogP contribution in [0.1, 0.15) is 10.4 Å². The third kappa shape index (κ3) is 2.16. The van der Waals surface area contributed by atoms with Crippen molar-refractivity contribution >= 4 is 23.2 Å². The quantitative estimate of drug-likeness (QED) is 0.474. The van der Waals surface area contributed by atoms with E-state index in [0.717, 1.165) is 0 Å². The number of anilines is 1. The van der Waals surface area contributed by atoms with Crippen LogP contribution >= 0.6 is 0 Å². The lowest BCUT2D eigenvalue weighted by atomic mass is 10.1. The van der Waals surface area contributed by atoms with Crippen molar-refractivity contribution < 1.29 is 14.5 Å². The van der Waals surface area contributed by atoms with Crippen LogP contribution in [0.5, 0.6) is 0 Å². The first-order valence-corrected chi connectivity index (χ1v) is 6.19. The fourth-order valence-corrected chi connectivity index (χ4v) is 2.25. The maximum Gasteiger partial charge on any atom is 0.381 e. The first-order chi connectivity index (χ1) is 10.1. The molecule has 0 saturated carbocycles. The van der Waals surface area contributed by atoms with Crippen molar-refractivity contribution in [2.45, 2.75) is 6.54 Å². The highest BCUT2D eigenvalue weighted by Gasteiger charge is 2.35. The smallest absolute Gasteiger partial charge is 0.358 e. The first-order valence-electron chi connectivity index (χ1n) is 6.19. The van der Waals surface area contributed by atoms with Crippen molar-refractivity contribution in [2.24, 2.45) is 0 Å². The van der Waals surface area contributed by atoms with Gasteiger partial charge in [-0.05, 0) is 22.0 Å². The molecule has 1 aromatic heterocycles. The molecule has 0 N–H and O–H groups in total. The molecule has 0 bridgehead atoms. The van der Waals surface area contributed by atoms with Crippen molar-refractivity contribution in [3.63, 3.8) is 0 Å². The van der Waals surface area contributed by atoms with Gasteiger partial charge in [0.2, 0.25) is 6.33 Å². The molecule has 1 aliphatic heterocycles. The minimum Gasteiger partial charge on any atom is -0.358 e. The van der Waals surface area contributed by atoms with Gasteiger partial charge in [0.15, 0.2) is 0 Å². The van der Waals surface area contributed by atoms with Crippen molar-refractivity contribution in [3.8, 4) is 0 Å². The van der Waals surface area contributed by atoms with Gasteiger partial charge in [-0.25, -0.2) is 0 Å². The summed E-state index contributed by atoms with van der Waals surface area (Å²) in [5, 5.41) is 10.6. The lowest BCUT2D eigenvalue weighted by Crippen LogP contribution is -2.32. The Hall–Kier alpha value is -3.03. The van der Waals surface area contributed by atoms with Gasteiger partial charge in [0.05, 0.1) is 11.3 Å². The Kier molecular flexibility index (Phi) is 2.98. The lowest BCUT2D eigenvalue weighted by Gasteiger charge is -2.15. The van der Waals surface area contributed by atoms with Gasteiger partial charge in [0, 0.05) is 13.1 Å². The summed E-state index contributed by atoms with van der Waals surface area (Å²) in [6.45, 7) is 0.559. The fourth-order valence-electron chi connectivity index (χ4n) is 2.25. The van der Waals surface area contributed by atoms with E-state index in [9.17, 15) is 19.7 Å². The molecule has 2 heterocycles. The first kappa shape index (κ1) is 13.0. The predicted octanol–water partition coefficient (Wildman–Crippen LogP) is 1.02. The normalized spacial score (nSPS) is 13.6. The van der Waals surface area contributed by atoms with Crippen LogP contribution in [0, 0.1) is 10.1 Å². The van der Waals surface area contributed by atoms with Crippen molar-refractivity contribution in [1.82, 2.24) is 9.55 Å². The Bertz CT molecular complexity index is 752. The number of Topliss-reactive ketones (excluding diaryl/α,β-unsaturated/α-hetero) is 1. The summed E-state index contributed by atoms with van der Waals surface area (Å²) in [6.07, 6.45) is 2.61. The molecule has 21 heavy (non-hydrogen) atoms. The van der Waals surface area contributed by atoms with Crippen LogP contribution in [-0.4, -0.2) is 32.7 Å². The van der Waals surface area contributed by atoms with Crippen molar-refractivity contribution in [2.75, 3.05) is 11.4 Å². The molecule has 0 unspecified atom stereocenters. The van der Waals surface area contributed by atoms with Gasteiger partial charge in [-0.1, -0.05) is 12.1 Å². The zero-order chi connectivity index (χ0) is 15.0. The number of carbonyl (C=O) groups is 2. The summed E-state index contributed by atoms with van der Waals surface area (Å²) in [5.74, 6) is -1.35. The molecular formula is C13H10N4O4. The minimum atomic E-state index is -0.587. The van der Waals surface area contributed by atoms with Crippen LogP contribution in [0.25, 0.3) is 0 Å². The number of ketones is 1. The SMILES string of the molecule is O=C1C(=O)N(CCn2cnc([N+](=O)[O-])c2)c2ccccc21. The molecule has 0 spiro atoms. The average Bonchev–Trinajstić information content (AvgIpc) is 3.04. The monoisotopic (exact) mass is 286 g/mol. The van der Waals surface area contributed by atoms with E-state index in [1.807, 2.05) is 0 Å². The Labute approximate surface area is 118 Å². The standard InChI is InChI=1S/C13H10N4O4/c18-12-9-3-1-2-4-10(9)16(13(12)19)6-5-15-7-11(14-8-15)17(20)21/h1-4,7-8H,5-6H2. The number of aromatic nitrogens is 2. The van der Waals surface area contributed by atoms with Crippen LogP contribution in [0.4, 0.5) is 11.5 Å². The van der Waals surface area contributed by atoms with Gasteiger partial charge in [0.1, 0.15) is 6.20 Å². The number of para-hydroxylation sites is 1. The summed E-state index contributed by atoms with van der Waals surface area (Å²) >= 11 is 0. The van der Waals surface area contributed by atoms with E-state index < -0.39 is 16.6 Å². The zero-order valence-electron chi connectivity index (χ0n) is 10.8. The highest BCUT2D eigenvalue weighted by atomic mass is 16.6. The summed E-state index contributed by atoms with van der Waals surface area (Å²) in [6, 6.07) is 6.76. The minimum absolute atomic E-state index is 0.245. The molecule has 106 valence electrons. The molecule has 0 fully saturated rings. The average molecular weight is 286 g/mol. The van der Waals surface area contributed by atoms with Crippen LogP contribution in [0.3, 0.4) is 0 Å². The molecule has 1 aliphatic rings. The van der Waals surface area contributed by atoms with Gasteiger partial charge < -0.3 is 19.6 Å². The Morgan fingerprint density at radius 3 is 2.67 bits per heavy atom. The molecule has 0 radical (unpaired) electrons. The van der Waals surface area contributed by atoms with Crippen molar-refractivity contribution in [3.05, 3.63) is 52.5 Å². The second-order valence-corrected chi connectivity index (χ2v) is 4.53. The third-order valence-electron chi connectivity index (χ3n) is 3.27. The number of fused-ring (bicyclic) bond motifs is 1. The molecule has 2 aromatic rings. The molecule has 8 nitrogen and oxygen atoms in total. The van der Waals surface area contributed by atoms with E-state index in [-0.39, 0.29) is 12.4 Å². The molecule has 1 amide bonds. The van der Waals surface area contributed by atoms with E-state index in [1.165, 1.54) is 22.0 Å². The number of hydrogen-bond donors (Lipinski definition) is 0. The van der Waals surface area contributed by atoms with Gasteiger partial charge in [-0.15, -0.1) is 0 Å². The predicted molar refractivity (Wildman–Crippen MR) is 72.0 cm³/mol. The van der Waals surface area contributed by atoms with Crippen LogP contribution in [-0.2, 0) is 11.3 Å². The zero-order valence-corrected chi connectivity index (χ0v) is 10.8. The highest BCUT2D eigenvalue weighted by molar-refractivity contribution is 6.52. The molecule has 0 saturated heterocycles. The highest BCUT2D eigenvalue weighted by Crippen LogP contribution is 2.28. The maximum atomic E-state index is 11.9. The summed E-state index contributed by atoms with van der Waals surface area (Å²) < 4.78 is 1.51. The van der Waals surface area contributed by atoms with Gasteiger partial charge in [0.25, 0.3) is 11.7 Å². The van der Waals surface area contributed by atoms with E-state index in [1.54, 1.807) is 24.3 Å². The molecule has 3 rings (SSSR count). The maximum absolute atomic E-state index is 11.9. The lowest BCUT2D eigenvalue weighted by molar-refractivity contribution is -0.389. The number of carbonyl (C=O) groups excluding carboxylic acids is 2. The van der Waals surface area contributed by atoms with Gasteiger partial charge in [-0.3, -0.25) is 9.59 Å². The van der Waals surface area contributed by atoms with E-state index >= 15 is 0 Å². The number of rotatable bonds is 4. The largest absolute Gasteiger partial charge is 0.381 e. The van der Waals surface area contributed by atoms with Crippen molar-refractivity contribution in [1.29, 1.82) is 0 Å². The molecular weight excluding hydrogens is 276 g/mol. The number of nitrogens with zero attached hydrogens (tertiary/aromatic N) is 4. The number of benzene rings is 1. The molecule has 8 heteroatoms. The second kappa shape index (κ2) is 4.82. The van der Waals surface area contributed by atoms with E-state index in [0.29, 0.717) is 17.8 Å². The Morgan fingerprint density at radius 1 is 1.19 bits per heavy atom. The van der Waals surface area contributed by atoms with Crippen LogP contribution < -0.4 is 4.90 Å². The topological polar surface area (TPSA) is 98.3 Å².